The summed E-state index contributed by atoms with van der Waals surface area (Å²) < 4.78 is 8.13. The van der Waals surface area contributed by atoms with Crippen molar-refractivity contribution in [1.82, 2.24) is 14.8 Å². The van der Waals surface area contributed by atoms with Gasteiger partial charge in [-0.25, -0.2) is 0 Å². The minimum absolute atomic E-state index is 0.0701. The van der Waals surface area contributed by atoms with E-state index in [2.05, 4.69) is 81.8 Å². The minimum atomic E-state index is -0.349. The van der Waals surface area contributed by atoms with Crippen molar-refractivity contribution in [1.29, 1.82) is 5.26 Å². The molecule has 1 aliphatic rings. The van der Waals surface area contributed by atoms with Gasteiger partial charge in [-0.2, -0.15) is 5.26 Å². The number of benzene rings is 1. The van der Waals surface area contributed by atoms with Gasteiger partial charge in [0.1, 0.15) is 16.8 Å². The largest absolute Gasteiger partial charge is 0.483 e. The molecule has 2 unspecified atom stereocenters. The molecule has 1 aliphatic carbocycles. The van der Waals surface area contributed by atoms with E-state index in [0.717, 1.165) is 37.0 Å². The number of nitrogens with zero attached hydrogens (tertiary/aromatic N) is 4. The summed E-state index contributed by atoms with van der Waals surface area (Å²) in [6.45, 7) is 19.8. The van der Waals surface area contributed by atoms with Crippen LogP contribution in [-0.2, 0) is 29.6 Å². The number of carbonyl (C=O) groups excluding carboxylic acids is 1. The lowest BCUT2D eigenvalue weighted by atomic mass is 9.69. The summed E-state index contributed by atoms with van der Waals surface area (Å²) in [7, 11) is 0. The molecule has 4 rings (SSSR count). The molecule has 0 saturated heterocycles. The average molecular weight is 606 g/mol. The first-order valence-electron chi connectivity index (χ1n) is 14.7. The van der Waals surface area contributed by atoms with Gasteiger partial charge >= 0.3 is 0 Å². The zero-order chi connectivity index (χ0) is 30.7. The van der Waals surface area contributed by atoms with Gasteiger partial charge in [0, 0.05) is 11.4 Å². The van der Waals surface area contributed by atoms with Crippen molar-refractivity contribution in [2.75, 3.05) is 11.1 Å². The van der Waals surface area contributed by atoms with Crippen LogP contribution in [0, 0.1) is 22.7 Å². The van der Waals surface area contributed by atoms with E-state index in [9.17, 15) is 10.1 Å². The number of carbonyl (C=O) groups is 1. The third-order valence-electron chi connectivity index (χ3n) is 8.43. The second-order valence-corrected chi connectivity index (χ2v) is 14.8. The van der Waals surface area contributed by atoms with E-state index >= 15 is 0 Å². The highest BCUT2D eigenvalue weighted by molar-refractivity contribution is 7.99. The van der Waals surface area contributed by atoms with Crippen molar-refractivity contribution in [3.63, 3.8) is 0 Å². The summed E-state index contributed by atoms with van der Waals surface area (Å²) in [5, 5.41) is 23.0. The molecule has 0 radical (unpaired) electrons. The molecule has 42 heavy (non-hydrogen) atoms. The molecule has 224 valence electrons. The Labute approximate surface area is 258 Å². The quantitative estimate of drug-likeness (QED) is 0.175. The number of thioether (sulfide) groups is 1. The van der Waals surface area contributed by atoms with E-state index < -0.39 is 0 Å². The molecule has 9 heteroatoms. The second-order valence-electron chi connectivity index (χ2n) is 12.7. The summed E-state index contributed by atoms with van der Waals surface area (Å²) in [4.78, 5) is 14.3. The van der Waals surface area contributed by atoms with Crippen molar-refractivity contribution >= 4 is 34.0 Å². The molecule has 1 N–H and O–H groups in total. The highest BCUT2D eigenvalue weighted by Gasteiger charge is 2.34. The van der Waals surface area contributed by atoms with Gasteiger partial charge < -0.3 is 10.1 Å². The maximum atomic E-state index is 13.0. The molecule has 1 aromatic carbocycles. The number of thiophene rings is 1. The number of aromatic nitrogens is 3. The number of anilines is 1. The molecule has 1 amide bonds. The van der Waals surface area contributed by atoms with Crippen LogP contribution in [0.15, 0.2) is 42.1 Å². The first-order chi connectivity index (χ1) is 19.9. The standard InChI is InChI=1S/C33H43N5O2S2/c1-9-17-38-29(21(3)40-24-14-11-22(12-15-24)32(4,5)6)36-37-31(38)41-20-28(39)35-30-26(19-34)25-16-13-23(18-27(25)42-30)33(7,8)10-2/h9,11-12,14-15,21,23H,1,10,13,16-18,20H2,2-8H3,(H,35,39). The molecule has 2 aromatic heterocycles. The third-order valence-corrected chi connectivity index (χ3v) is 10.6. The Morgan fingerprint density at radius 2 is 2.00 bits per heavy atom. The van der Waals surface area contributed by atoms with Gasteiger partial charge in [-0.3, -0.25) is 9.36 Å². The lowest BCUT2D eigenvalue weighted by Crippen LogP contribution is -2.28. The number of fused-ring (bicyclic) bond motifs is 1. The van der Waals surface area contributed by atoms with Crippen molar-refractivity contribution < 1.29 is 9.53 Å². The van der Waals surface area contributed by atoms with E-state index in [4.69, 9.17) is 4.74 Å². The number of amides is 1. The van der Waals surface area contributed by atoms with Crippen LogP contribution >= 0.6 is 23.1 Å². The molecule has 0 bridgehead atoms. The van der Waals surface area contributed by atoms with Crippen LogP contribution in [0.3, 0.4) is 0 Å². The summed E-state index contributed by atoms with van der Waals surface area (Å²) in [6, 6.07) is 10.5. The van der Waals surface area contributed by atoms with Crippen LogP contribution in [0.4, 0.5) is 5.00 Å². The summed E-state index contributed by atoms with van der Waals surface area (Å²) >= 11 is 2.88. The summed E-state index contributed by atoms with van der Waals surface area (Å²) in [5.41, 5.74) is 3.31. The van der Waals surface area contributed by atoms with Crippen LogP contribution in [0.5, 0.6) is 5.75 Å². The zero-order valence-corrected chi connectivity index (χ0v) is 27.5. The molecule has 7 nitrogen and oxygen atoms in total. The highest BCUT2D eigenvalue weighted by atomic mass is 32.2. The average Bonchev–Trinajstić information content (AvgIpc) is 3.51. The number of allylic oxidation sites excluding steroid dienone is 1. The van der Waals surface area contributed by atoms with Crippen LogP contribution in [0.25, 0.3) is 0 Å². The molecule has 0 saturated carbocycles. The Kier molecular flexibility index (Phi) is 9.89. The first kappa shape index (κ1) is 31.8. The van der Waals surface area contributed by atoms with Gasteiger partial charge in [0.15, 0.2) is 17.1 Å². The molecule has 3 aromatic rings. The Hall–Kier alpha value is -3.09. The molecule has 2 heterocycles. The number of ether oxygens (including phenoxy) is 1. The van der Waals surface area contributed by atoms with Gasteiger partial charge in [0.25, 0.3) is 0 Å². The van der Waals surface area contributed by atoms with Crippen molar-refractivity contribution in [2.24, 2.45) is 11.3 Å². The van der Waals surface area contributed by atoms with Gasteiger partial charge in [0.05, 0.1) is 11.3 Å². The number of nitriles is 1. The van der Waals surface area contributed by atoms with Crippen molar-refractivity contribution in [2.45, 2.75) is 97.4 Å². The lowest BCUT2D eigenvalue weighted by molar-refractivity contribution is -0.113. The number of hydrogen-bond donors (Lipinski definition) is 1. The second kappa shape index (κ2) is 13.0. The molecular weight excluding hydrogens is 563 g/mol. The summed E-state index contributed by atoms with van der Waals surface area (Å²) in [6.07, 6.45) is 5.49. The predicted octanol–water partition coefficient (Wildman–Crippen LogP) is 8.11. The van der Waals surface area contributed by atoms with Crippen molar-refractivity contribution in [3.8, 4) is 11.8 Å². The molecular formula is C33H43N5O2S2. The van der Waals surface area contributed by atoms with Gasteiger partial charge in [-0.15, -0.1) is 28.1 Å². The smallest absolute Gasteiger partial charge is 0.235 e. The van der Waals surface area contributed by atoms with E-state index in [1.54, 1.807) is 17.4 Å². The van der Waals surface area contributed by atoms with Crippen LogP contribution < -0.4 is 10.1 Å². The van der Waals surface area contributed by atoms with E-state index in [1.807, 2.05) is 23.6 Å². The van der Waals surface area contributed by atoms with Crippen LogP contribution in [-0.4, -0.2) is 26.4 Å². The minimum Gasteiger partial charge on any atom is -0.483 e. The SMILES string of the molecule is C=CCn1c(SCC(=O)Nc2sc3c(c2C#N)CCC(C(C)(C)CC)C3)nnc1C(C)Oc1ccc(C(C)(C)C)cc1. The maximum Gasteiger partial charge on any atom is 0.235 e. The van der Waals surface area contributed by atoms with Crippen molar-refractivity contribution in [3.05, 3.63) is 64.3 Å². The zero-order valence-electron chi connectivity index (χ0n) is 25.9. The fourth-order valence-corrected chi connectivity index (χ4v) is 7.39. The van der Waals surface area contributed by atoms with E-state index in [1.165, 1.54) is 22.2 Å². The van der Waals surface area contributed by atoms with E-state index in [0.29, 0.717) is 34.0 Å². The fourth-order valence-electron chi connectivity index (χ4n) is 5.34. The molecule has 2 atom stereocenters. The summed E-state index contributed by atoms with van der Waals surface area (Å²) in [5.74, 6) is 1.99. The lowest BCUT2D eigenvalue weighted by Gasteiger charge is -2.36. The number of nitrogens with one attached hydrogen (secondary N) is 1. The van der Waals surface area contributed by atoms with Crippen LogP contribution in [0.2, 0.25) is 0 Å². The first-order valence-corrected chi connectivity index (χ1v) is 16.5. The molecule has 0 aliphatic heterocycles. The Morgan fingerprint density at radius 1 is 1.29 bits per heavy atom. The monoisotopic (exact) mass is 605 g/mol. The molecule has 0 spiro atoms. The maximum absolute atomic E-state index is 13.0. The normalized spacial score (nSPS) is 15.9. The van der Waals surface area contributed by atoms with E-state index in [-0.39, 0.29) is 28.6 Å². The Balaban J connectivity index is 1.42. The highest BCUT2D eigenvalue weighted by Crippen LogP contribution is 2.45. The fraction of sp³-hybridized carbons (Fsp3) is 0.515. The number of rotatable bonds is 11. The topological polar surface area (TPSA) is 92.8 Å². The van der Waals surface area contributed by atoms with Gasteiger partial charge in [-0.05, 0) is 66.2 Å². The van der Waals surface area contributed by atoms with Crippen LogP contribution in [0.1, 0.15) is 94.8 Å². The Morgan fingerprint density at radius 3 is 2.62 bits per heavy atom. The third kappa shape index (κ3) is 7.09. The Bertz CT molecular complexity index is 1460. The van der Waals surface area contributed by atoms with Gasteiger partial charge in [-0.1, -0.05) is 77.9 Å². The predicted molar refractivity (Wildman–Crippen MR) is 172 cm³/mol. The number of hydrogen-bond acceptors (Lipinski definition) is 7. The van der Waals surface area contributed by atoms with Gasteiger partial charge in [0.2, 0.25) is 5.91 Å². The molecule has 0 fully saturated rings.